The van der Waals surface area contributed by atoms with E-state index in [9.17, 15) is 4.79 Å². The lowest BCUT2D eigenvalue weighted by Gasteiger charge is -2.14. The largest absolute Gasteiger partial charge is 0.349 e. The summed E-state index contributed by atoms with van der Waals surface area (Å²) in [4.78, 5) is 17.1. The minimum absolute atomic E-state index is 0.00282. The van der Waals surface area contributed by atoms with E-state index in [1.165, 1.54) is 0 Å². The molecular weight excluding hydrogens is 204 g/mol. The molecule has 16 heavy (non-hydrogen) atoms. The van der Waals surface area contributed by atoms with Gasteiger partial charge in [0.1, 0.15) is 0 Å². The maximum atomic E-state index is 11.4. The maximum absolute atomic E-state index is 11.4. The monoisotopic (exact) mass is 224 g/mol. The molecule has 5 nitrogen and oxygen atoms in total. The van der Waals surface area contributed by atoms with Crippen LogP contribution in [0.3, 0.4) is 0 Å². The van der Waals surface area contributed by atoms with Crippen molar-refractivity contribution in [2.45, 2.75) is 32.4 Å². The molecule has 2 N–H and O–H groups in total. The van der Waals surface area contributed by atoms with Crippen molar-refractivity contribution in [3.05, 3.63) is 18.2 Å². The van der Waals surface area contributed by atoms with E-state index >= 15 is 0 Å². The third-order valence-electron chi connectivity index (χ3n) is 2.63. The van der Waals surface area contributed by atoms with Gasteiger partial charge in [-0.25, -0.2) is 4.98 Å². The highest BCUT2D eigenvalue weighted by atomic mass is 16.2. The number of hydrogen-bond donors (Lipinski definition) is 1. The van der Waals surface area contributed by atoms with Crippen LogP contribution >= 0.6 is 0 Å². The summed E-state index contributed by atoms with van der Waals surface area (Å²) in [5, 5.41) is 0. The number of amides is 1. The van der Waals surface area contributed by atoms with E-state index in [0.29, 0.717) is 13.0 Å². The Morgan fingerprint density at radius 3 is 2.88 bits per heavy atom. The van der Waals surface area contributed by atoms with Crippen LogP contribution in [-0.2, 0) is 11.3 Å². The molecule has 0 aromatic carbocycles. The average molecular weight is 224 g/mol. The zero-order chi connectivity index (χ0) is 12.1. The Bertz CT molecular complexity index is 346. The summed E-state index contributed by atoms with van der Waals surface area (Å²) in [6.45, 7) is 2.67. The normalized spacial score (nSPS) is 12.5. The molecule has 0 aliphatic heterocycles. The lowest BCUT2D eigenvalue weighted by Crippen LogP contribution is -2.23. The number of aryl methyl sites for hydroxylation is 1. The van der Waals surface area contributed by atoms with E-state index in [-0.39, 0.29) is 11.9 Å². The van der Waals surface area contributed by atoms with Crippen molar-refractivity contribution in [2.24, 2.45) is 5.73 Å². The molecule has 0 aliphatic rings. The fourth-order valence-electron chi connectivity index (χ4n) is 1.48. The molecule has 0 radical (unpaired) electrons. The molecule has 1 aromatic rings. The standard InChI is InChI=1S/C11H20N4O/c1-4-9(12)10-7-13-8-15(10)6-5-11(16)14(2)3/h7-9H,4-6,12H2,1-3H3/t9-/m1/s1. The minimum Gasteiger partial charge on any atom is -0.349 e. The topological polar surface area (TPSA) is 64.1 Å². The average Bonchev–Trinajstić information content (AvgIpc) is 2.72. The van der Waals surface area contributed by atoms with E-state index in [1.54, 1.807) is 31.5 Å². The van der Waals surface area contributed by atoms with Crippen LogP contribution in [0.25, 0.3) is 0 Å². The van der Waals surface area contributed by atoms with Crippen molar-refractivity contribution >= 4 is 5.91 Å². The number of hydrogen-bond acceptors (Lipinski definition) is 3. The smallest absolute Gasteiger partial charge is 0.223 e. The van der Waals surface area contributed by atoms with Gasteiger partial charge in [-0.3, -0.25) is 4.79 Å². The van der Waals surface area contributed by atoms with Crippen molar-refractivity contribution in [1.82, 2.24) is 14.5 Å². The highest BCUT2D eigenvalue weighted by molar-refractivity contribution is 5.75. The van der Waals surface area contributed by atoms with E-state index in [4.69, 9.17) is 5.73 Å². The molecule has 0 fully saturated rings. The molecule has 0 unspecified atom stereocenters. The Balaban J connectivity index is 2.61. The number of carbonyl (C=O) groups is 1. The fraction of sp³-hybridized carbons (Fsp3) is 0.636. The third-order valence-corrected chi connectivity index (χ3v) is 2.63. The van der Waals surface area contributed by atoms with Crippen LogP contribution < -0.4 is 5.73 Å². The zero-order valence-electron chi connectivity index (χ0n) is 10.2. The van der Waals surface area contributed by atoms with Gasteiger partial charge < -0.3 is 15.2 Å². The summed E-state index contributed by atoms with van der Waals surface area (Å²) < 4.78 is 1.95. The van der Waals surface area contributed by atoms with Crippen LogP contribution in [0.4, 0.5) is 0 Å². The zero-order valence-corrected chi connectivity index (χ0v) is 10.2. The quantitative estimate of drug-likeness (QED) is 0.803. The number of nitrogens with two attached hydrogens (primary N) is 1. The van der Waals surface area contributed by atoms with Crippen LogP contribution in [0.2, 0.25) is 0 Å². The molecule has 1 aromatic heterocycles. The van der Waals surface area contributed by atoms with Crippen LogP contribution in [-0.4, -0.2) is 34.5 Å². The first-order valence-corrected chi connectivity index (χ1v) is 5.52. The lowest BCUT2D eigenvalue weighted by atomic mass is 10.2. The van der Waals surface area contributed by atoms with Gasteiger partial charge in [-0.05, 0) is 6.42 Å². The summed E-state index contributed by atoms with van der Waals surface area (Å²) in [6.07, 6.45) is 4.85. The highest BCUT2D eigenvalue weighted by Crippen LogP contribution is 2.13. The van der Waals surface area contributed by atoms with E-state index in [0.717, 1.165) is 12.1 Å². The summed E-state index contributed by atoms with van der Waals surface area (Å²) in [7, 11) is 3.52. The second kappa shape index (κ2) is 5.65. The van der Waals surface area contributed by atoms with Crippen LogP contribution in [0.5, 0.6) is 0 Å². The van der Waals surface area contributed by atoms with Crippen molar-refractivity contribution in [3.8, 4) is 0 Å². The number of imidazole rings is 1. The first-order valence-electron chi connectivity index (χ1n) is 5.52. The molecule has 5 heteroatoms. The summed E-state index contributed by atoms with van der Waals surface area (Å²) >= 11 is 0. The van der Waals surface area contributed by atoms with Crippen LogP contribution in [0.1, 0.15) is 31.5 Å². The first kappa shape index (κ1) is 12.7. The molecule has 0 saturated heterocycles. The number of rotatable bonds is 5. The maximum Gasteiger partial charge on any atom is 0.223 e. The van der Waals surface area contributed by atoms with Gasteiger partial charge >= 0.3 is 0 Å². The molecule has 0 spiro atoms. The fourth-order valence-corrected chi connectivity index (χ4v) is 1.48. The summed E-state index contributed by atoms with van der Waals surface area (Å²) in [6, 6.07) is -0.00282. The predicted octanol–water partition coefficient (Wildman–Crippen LogP) is 0.771. The third kappa shape index (κ3) is 3.06. The summed E-state index contributed by atoms with van der Waals surface area (Å²) in [5.41, 5.74) is 6.94. The van der Waals surface area contributed by atoms with Crippen LogP contribution in [0.15, 0.2) is 12.5 Å². The molecule has 1 amide bonds. The van der Waals surface area contributed by atoms with Crippen molar-refractivity contribution in [3.63, 3.8) is 0 Å². The van der Waals surface area contributed by atoms with Gasteiger partial charge in [-0.15, -0.1) is 0 Å². The van der Waals surface area contributed by atoms with Gasteiger partial charge in [0.25, 0.3) is 0 Å². The van der Waals surface area contributed by atoms with E-state index in [2.05, 4.69) is 4.98 Å². The molecule has 1 atom stereocenters. The molecule has 0 aliphatic carbocycles. The van der Waals surface area contributed by atoms with E-state index in [1.807, 2.05) is 11.5 Å². The second-order valence-corrected chi connectivity index (χ2v) is 4.06. The Morgan fingerprint density at radius 2 is 2.31 bits per heavy atom. The van der Waals surface area contributed by atoms with Gasteiger partial charge in [0.05, 0.1) is 12.0 Å². The van der Waals surface area contributed by atoms with Crippen molar-refractivity contribution in [2.75, 3.05) is 14.1 Å². The van der Waals surface area contributed by atoms with Crippen molar-refractivity contribution in [1.29, 1.82) is 0 Å². The Hall–Kier alpha value is -1.36. The lowest BCUT2D eigenvalue weighted by molar-refractivity contribution is -0.128. The molecular formula is C11H20N4O. The molecule has 0 bridgehead atoms. The highest BCUT2D eigenvalue weighted by Gasteiger charge is 2.11. The van der Waals surface area contributed by atoms with Gasteiger partial charge in [0.15, 0.2) is 0 Å². The van der Waals surface area contributed by atoms with Gasteiger partial charge in [-0.1, -0.05) is 6.92 Å². The predicted molar refractivity (Wildman–Crippen MR) is 62.8 cm³/mol. The molecule has 0 saturated carbocycles. The number of aromatic nitrogens is 2. The van der Waals surface area contributed by atoms with Crippen molar-refractivity contribution < 1.29 is 4.79 Å². The number of nitrogens with zero attached hydrogens (tertiary/aromatic N) is 3. The molecule has 90 valence electrons. The van der Waals surface area contributed by atoms with Gasteiger partial charge in [0.2, 0.25) is 5.91 Å². The SMILES string of the molecule is CC[C@@H](N)c1cncn1CCC(=O)N(C)C. The summed E-state index contributed by atoms with van der Waals surface area (Å²) in [5.74, 6) is 0.115. The molecule has 1 rings (SSSR count). The number of carbonyl (C=O) groups excluding carboxylic acids is 1. The minimum atomic E-state index is -0.00282. The van der Waals surface area contributed by atoms with Gasteiger partial charge in [-0.2, -0.15) is 0 Å². The van der Waals surface area contributed by atoms with Crippen LogP contribution in [0, 0.1) is 0 Å². The van der Waals surface area contributed by atoms with Gasteiger partial charge in [0, 0.05) is 39.3 Å². The molecule has 1 heterocycles. The Morgan fingerprint density at radius 1 is 1.62 bits per heavy atom. The second-order valence-electron chi connectivity index (χ2n) is 4.06. The Labute approximate surface area is 96.3 Å². The van der Waals surface area contributed by atoms with E-state index < -0.39 is 0 Å². The Kier molecular flexibility index (Phi) is 4.49. The first-order chi connectivity index (χ1) is 7.56.